The van der Waals surface area contributed by atoms with Gasteiger partial charge in [0.25, 0.3) is 0 Å². The zero-order valence-electron chi connectivity index (χ0n) is 21.8. The van der Waals surface area contributed by atoms with Gasteiger partial charge in [-0.15, -0.1) is 0 Å². The SMILES string of the molecule is COc1ccc(C#Cc2ccc(-c3ccc(C#Cc4cc(OC)c(OC)c(OC)c4)cn3)nc2)cc1OC. The number of rotatable bonds is 6. The third-order valence-electron chi connectivity index (χ3n) is 5.54. The zero-order chi connectivity index (χ0) is 26.9. The first kappa shape index (κ1) is 25.9. The van der Waals surface area contributed by atoms with E-state index in [1.54, 1.807) is 60.1 Å². The quantitative estimate of drug-likeness (QED) is 0.341. The molecular formula is C31H26N2O5. The molecule has 4 rings (SSSR count). The number of pyridine rings is 2. The van der Waals surface area contributed by atoms with Crippen molar-refractivity contribution in [2.75, 3.05) is 35.5 Å². The lowest BCUT2D eigenvalue weighted by molar-refractivity contribution is 0.324. The molecule has 0 bridgehead atoms. The first-order valence-corrected chi connectivity index (χ1v) is 11.6. The van der Waals surface area contributed by atoms with Crippen LogP contribution in [0.5, 0.6) is 28.7 Å². The molecule has 7 heteroatoms. The predicted octanol–water partition coefficient (Wildman–Crippen LogP) is 4.99. The molecule has 2 aromatic heterocycles. The van der Waals surface area contributed by atoms with E-state index >= 15 is 0 Å². The molecule has 2 heterocycles. The molecule has 190 valence electrons. The van der Waals surface area contributed by atoms with Crippen LogP contribution in [0.3, 0.4) is 0 Å². The molecule has 0 spiro atoms. The summed E-state index contributed by atoms with van der Waals surface area (Å²) >= 11 is 0. The molecule has 0 atom stereocenters. The summed E-state index contributed by atoms with van der Waals surface area (Å²) < 4.78 is 26.7. The van der Waals surface area contributed by atoms with E-state index in [9.17, 15) is 0 Å². The lowest BCUT2D eigenvalue weighted by Crippen LogP contribution is -1.95. The molecule has 0 N–H and O–H groups in total. The Kier molecular flexibility index (Phi) is 8.33. The Bertz CT molecular complexity index is 1520. The van der Waals surface area contributed by atoms with Crippen molar-refractivity contribution in [3.8, 4) is 63.8 Å². The minimum absolute atomic E-state index is 0.525. The van der Waals surface area contributed by atoms with Gasteiger partial charge in [-0.3, -0.25) is 9.97 Å². The number of methoxy groups -OCH3 is 5. The van der Waals surface area contributed by atoms with Gasteiger partial charge in [0, 0.05) is 34.6 Å². The smallest absolute Gasteiger partial charge is 0.203 e. The van der Waals surface area contributed by atoms with E-state index in [4.69, 9.17) is 23.7 Å². The van der Waals surface area contributed by atoms with Crippen LogP contribution < -0.4 is 23.7 Å². The molecule has 0 saturated heterocycles. The second-order valence-corrected chi connectivity index (χ2v) is 7.85. The van der Waals surface area contributed by atoms with Gasteiger partial charge in [0.05, 0.1) is 46.9 Å². The summed E-state index contributed by atoms with van der Waals surface area (Å²) in [6.07, 6.45) is 3.44. The highest BCUT2D eigenvalue weighted by molar-refractivity contribution is 5.59. The van der Waals surface area contributed by atoms with Crippen LogP contribution in [-0.4, -0.2) is 45.5 Å². The van der Waals surface area contributed by atoms with Crippen molar-refractivity contribution in [1.29, 1.82) is 0 Å². The second kappa shape index (κ2) is 12.2. The van der Waals surface area contributed by atoms with E-state index < -0.39 is 0 Å². The Morgan fingerprint density at radius 1 is 0.447 bits per heavy atom. The fourth-order valence-electron chi connectivity index (χ4n) is 3.59. The minimum Gasteiger partial charge on any atom is -0.493 e. The number of benzene rings is 2. The molecule has 0 radical (unpaired) electrons. The van der Waals surface area contributed by atoms with Crippen molar-refractivity contribution in [2.24, 2.45) is 0 Å². The van der Waals surface area contributed by atoms with Crippen LogP contribution in [0, 0.1) is 23.7 Å². The first-order valence-electron chi connectivity index (χ1n) is 11.6. The summed E-state index contributed by atoms with van der Waals surface area (Å²) in [4.78, 5) is 9.03. The highest BCUT2D eigenvalue weighted by Crippen LogP contribution is 2.38. The molecule has 0 amide bonds. The van der Waals surface area contributed by atoms with Gasteiger partial charge in [0.2, 0.25) is 5.75 Å². The largest absolute Gasteiger partial charge is 0.493 e. The molecule has 4 aromatic rings. The highest BCUT2D eigenvalue weighted by Gasteiger charge is 2.12. The summed E-state index contributed by atoms with van der Waals surface area (Å²) in [7, 11) is 7.91. The van der Waals surface area contributed by atoms with Gasteiger partial charge in [0.15, 0.2) is 23.0 Å². The molecule has 0 aliphatic heterocycles. The molecule has 2 aromatic carbocycles. The topological polar surface area (TPSA) is 71.9 Å². The Labute approximate surface area is 222 Å². The van der Waals surface area contributed by atoms with Crippen LogP contribution in [0.4, 0.5) is 0 Å². The van der Waals surface area contributed by atoms with E-state index in [2.05, 4.69) is 33.6 Å². The highest BCUT2D eigenvalue weighted by atomic mass is 16.5. The monoisotopic (exact) mass is 506 g/mol. The van der Waals surface area contributed by atoms with E-state index in [1.165, 1.54) is 0 Å². The molecule has 0 aliphatic rings. The van der Waals surface area contributed by atoms with Gasteiger partial charge in [0.1, 0.15) is 0 Å². The normalized spacial score (nSPS) is 9.82. The van der Waals surface area contributed by atoms with Crippen molar-refractivity contribution < 1.29 is 23.7 Å². The lowest BCUT2D eigenvalue weighted by Gasteiger charge is -2.12. The van der Waals surface area contributed by atoms with Crippen LogP contribution >= 0.6 is 0 Å². The molecular weight excluding hydrogens is 480 g/mol. The van der Waals surface area contributed by atoms with Crippen molar-refractivity contribution in [2.45, 2.75) is 0 Å². The third kappa shape index (κ3) is 5.98. The van der Waals surface area contributed by atoms with Gasteiger partial charge < -0.3 is 23.7 Å². The maximum Gasteiger partial charge on any atom is 0.203 e. The van der Waals surface area contributed by atoms with Gasteiger partial charge in [-0.05, 0) is 54.6 Å². The fraction of sp³-hybridized carbons (Fsp3) is 0.161. The van der Waals surface area contributed by atoms with Gasteiger partial charge in [-0.1, -0.05) is 23.7 Å². The number of hydrogen-bond acceptors (Lipinski definition) is 7. The Morgan fingerprint density at radius 2 is 0.895 bits per heavy atom. The lowest BCUT2D eigenvalue weighted by atomic mass is 10.1. The van der Waals surface area contributed by atoms with E-state index in [1.807, 2.05) is 42.5 Å². The maximum atomic E-state index is 5.39. The van der Waals surface area contributed by atoms with Crippen molar-refractivity contribution in [3.63, 3.8) is 0 Å². The van der Waals surface area contributed by atoms with Gasteiger partial charge >= 0.3 is 0 Å². The molecule has 7 nitrogen and oxygen atoms in total. The van der Waals surface area contributed by atoms with E-state index in [0.29, 0.717) is 28.7 Å². The standard InChI is InChI=1S/C31H26N2O5/c1-34-27-15-12-21(16-28(27)35-2)6-7-22-10-13-25(32-19-22)26-14-11-23(20-33-26)8-9-24-17-29(36-3)31(38-5)30(18-24)37-4/h10-20H,1-5H3. The average molecular weight is 507 g/mol. The van der Waals surface area contributed by atoms with Crippen molar-refractivity contribution in [3.05, 3.63) is 89.2 Å². The summed E-state index contributed by atoms with van der Waals surface area (Å²) in [6.45, 7) is 0. The summed E-state index contributed by atoms with van der Waals surface area (Å²) in [5.41, 5.74) is 4.58. The second-order valence-electron chi connectivity index (χ2n) is 7.85. The zero-order valence-corrected chi connectivity index (χ0v) is 21.8. The van der Waals surface area contributed by atoms with Crippen molar-refractivity contribution in [1.82, 2.24) is 9.97 Å². The van der Waals surface area contributed by atoms with Gasteiger partial charge in [-0.25, -0.2) is 0 Å². The molecule has 0 aliphatic carbocycles. The predicted molar refractivity (Wildman–Crippen MR) is 145 cm³/mol. The maximum absolute atomic E-state index is 5.39. The summed E-state index contributed by atoms with van der Waals surface area (Å²) in [6, 6.07) is 16.7. The number of nitrogens with zero attached hydrogens (tertiary/aromatic N) is 2. The average Bonchev–Trinajstić information content (AvgIpc) is 2.98. The van der Waals surface area contributed by atoms with Crippen LogP contribution in [-0.2, 0) is 0 Å². The summed E-state index contributed by atoms with van der Waals surface area (Å²) in [5, 5.41) is 0. The fourth-order valence-corrected chi connectivity index (χ4v) is 3.59. The number of hydrogen-bond donors (Lipinski definition) is 0. The van der Waals surface area contributed by atoms with E-state index in [-0.39, 0.29) is 0 Å². The van der Waals surface area contributed by atoms with E-state index in [0.717, 1.165) is 33.6 Å². The number of ether oxygens (including phenoxy) is 5. The Balaban J connectivity index is 1.48. The number of aromatic nitrogens is 2. The van der Waals surface area contributed by atoms with Gasteiger partial charge in [-0.2, -0.15) is 0 Å². The first-order chi connectivity index (χ1) is 18.6. The molecule has 38 heavy (non-hydrogen) atoms. The Morgan fingerprint density at radius 3 is 1.34 bits per heavy atom. The van der Waals surface area contributed by atoms with Crippen LogP contribution in [0.1, 0.15) is 22.3 Å². The summed E-state index contributed by atoms with van der Waals surface area (Å²) in [5.74, 6) is 15.4. The third-order valence-corrected chi connectivity index (χ3v) is 5.54. The molecule has 0 unspecified atom stereocenters. The molecule has 0 saturated carbocycles. The van der Waals surface area contributed by atoms with Crippen LogP contribution in [0.2, 0.25) is 0 Å². The Hall–Kier alpha value is -5.14. The minimum atomic E-state index is 0.525. The van der Waals surface area contributed by atoms with Crippen LogP contribution in [0.25, 0.3) is 11.4 Å². The van der Waals surface area contributed by atoms with Crippen molar-refractivity contribution >= 4 is 0 Å². The van der Waals surface area contributed by atoms with Crippen LogP contribution in [0.15, 0.2) is 67.0 Å². The molecule has 0 fully saturated rings.